The molecule has 0 aromatic carbocycles. The van der Waals surface area contributed by atoms with Gasteiger partial charge in [-0.3, -0.25) is 4.98 Å². The van der Waals surface area contributed by atoms with E-state index in [4.69, 9.17) is 4.74 Å². The van der Waals surface area contributed by atoms with Gasteiger partial charge in [0.15, 0.2) is 0 Å². The number of hydrogen-bond donors (Lipinski definition) is 1. The van der Waals surface area contributed by atoms with Gasteiger partial charge in [0.05, 0.1) is 6.04 Å². The fourth-order valence-electron chi connectivity index (χ4n) is 1.42. The molecule has 0 aliphatic carbocycles. The lowest BCUT2D eigenvalue weighted by molar-refractivity contribution is -0.108. The normalized spacial score (nSPS) is 12.6. The minimum Gasteiger partial charge on any atom is -0.444 e. The van der Waals surface area contributed by atoms with E-state index in [1.807, 2.05) is 0 Å². The molecule has 98 valence electrons. The first kappa shape index (κ1) is 14.2. The summed E-state index contributed by atoms with van der Waals surface area (Å²) in [5.74, 6) is 0. The summed E-state index contributed by atoms with van der Waals surface area (Å²) >= 11 is 0. The summed E-state index contributed by atoms with van der Waals surface area (Å²) in [6.45, 7) is 5.36. The molecular weight excluding hydrogens is 232 g/mol. The fraction of sp³-hybridized carbons (Fsp3) is 0.462. The third-order valence-corrected chi connectivity index (χ3v) is 2.13. The number of pyridine rings is 1. The van der Waals surface area contributed by atoms with Crippen molar-refractivity contribution in [2.45, 2.75) is 38.8 Å². The number of aldehydes is 1. The van der Waals surface area contributed by atoms with Gasteiger partial charge in [-0.05, 0) is 38.5 Å². The van der Waals surface area contributed by atoms with Gasteiger partial charge in [-0.2, -0.15) is 0 Å². The molecule has 1 rings (SSSR count). The molecule has 0 saturated heterocycles. The second-order valence-electron chi connectivity index (χ2n) is 4.88. The average molecular weight is 250 g/mol. The number of hydrogen-bond acceptors (Lipinski definition) is 4. The van der Waals surface area contributed by atoms with E-state index < -0.39 is 11.7 Å². The number of rotatable bonds is 4. The quantitative estimate of drug-likeness (QED) is 0.832. The lowest BCUT2D eigenvalue weighted by atomic mass is 10.1. The highest BCUT2D eigenvalue weighted by Crippen LogP contribution is 2.16. The Hall–Kier alpha value is -1.91. The number of carbonyl (C=O) groups excluding carboxylic acids is 2. The smallest absolute Gasteiger partial charge is 0.408 e. The van der Waals surface area contributed by atoms with Crippen molar-refractivity contribution >= 4 is 12.4 Å². The second-order valence-corrected chi connectivity index (χ2v) is 4.88. The number of alkyl carbamates (subject to hydrolysis) is 1. The Kier molecular flexibility index (Phi) is 4.83. The average Bonchev–Trinajstić information content (AvgIpc) is 2.27. The van der Waals surface area contributed by atoms with Crippen molar-refractivity contribution < 1.29 is 14.3 Å². The predicted octanol–water partition coefficient (Wildman–Crippen LogP) is 2.24. The lowest BCUT2D eigenvalue weighted by Crippen LogP contribution is -2.35. The maximum atomic E-state index is 11.7. The molecule has 0 bridgehead atoms. The first-order valence-corrected chi connectivity index (χ1v) is 5.75. The van der Waals surface area contributed by atoms with Crippen molar-refractivity contribution in [1.29, 1.82) is 0 Å². The SMILES string of the molecule is CC(C)(C)OC(=O)N[C@@H](CC=O)c1ccncc1. The molecule has 0 aliphatic heterocycles. The zero-order valence-corrected chi connectivity index (χ0v) is 10.8. The van der Waals surface area contributed by atoms with Crippen LogP contribution in [-0.4, -0.2) is 23.0 Å². The minimum atomic E-state index is -0.561. The van der Waals surface area contributed by atoms with E-state index in [-0.39, 0.29) is 12.5 Å². The summed E-state index contributed by atoms with van der Waals surface area (Å²) in [6, 6.07) is 3.12. The zero-order valence-electron chi connectivity index (χ0n) is 10.8. The van der Waals surface area contributed by atoms with Crippen molar-refractivity contribution in [3.8, 4) is 0 Å². The molecule has 0 aliphatic rings. The molecule has 1 aromatic heterocycles. The minimum absolute atomic E-state index is 0.198. The Balaban J connectivity index is 2.70. The van der Waals surface area contributed by atoms with Crippen LogP contribution in [0.4, 0.5) is 4.79 Å². The molecule has 1 N–H and O–H groups in total. The van der Waals surface area contributed by atoms with Crippen molar-refractivity contribution in [2.24, 2.45) is 0 Å². The molecule has 5 heteroatoms. The topological polar surface area (TPSA) is 68.3 Å². The maximum Gasteiger partial charge on any atom is 0.408 e. The summed E-state index contributed by atoms with van der Waals surface area (Å²) in [6.07, 6.45) is 3.66. The van der Waals surface area contributed by atoms with Gasteiger partial charge in [0.2, 0.25) is 0 Å². The fourth-order valence-corrected chi connectivity index (χ4v) is 1.42. The van der Waals surface area contributed by atoms with Gasteiger partial charge in [-0.15, -0.1) is 0 Å². The van der Waals surface area contributed by atoms with E-state index in [1.165, 1.54) is 0 Å². The molecule has 1 heterocycles. The van der Waals surface area contributed by atoms with Gasteiger partial charge in [0, 0.05) is 18.8 Å². The zero-order chi connectivity index (χ0) is 13.6. The van der Waals surface area contributed by atoms with Crippen LogP contribution in [0, 0.1) is 0 Å². The summed E-state index contributed by atoms with van der Waals surface area (Å²) in [7, 11) is 0. The van der Waals surface area contributed by atoms with E-state index in [1.54, 1.807) is 45.3 Å². The van der Waals surface area contributed by atoms with Crippen LogP contribution in [0.1, 0.15) is 38.8 Å². The molecule has 1 atom stereocenters. The number of nitrogens with zero attached hydrogens (tertiary/aromatic N) is 1. The third kappa shape index (κ3) is 4.95. The highest BCUT2D eigenvalue weighted by Gasteiger charge is 2.20. The number of ether oxygens (including phenoxy) is 1. The molecule has 0 unspecified atom stereocenters. The van der Waals surface area contributed by atoms with E-state index in [0.29, 0.717) is 0 Å². The van der Waals surface area contributed by atoms with Crippen LogP contribution in [0.15, 0.2) is 24.5 Å². The summed E-state index contributed by atoms with van der Waals surface area (Å²) in [4.78, 5) is 26.2. The van der Waals surface area contributed by atoms with Crippen molar-refractivity contribution in [2.75, 3.05) is 0 Å². The third-order valence-electron chi connectivity index (χ3n) is 2.13. The largest absolute Gasteiger partial charge is 0.444 e. The van der Waals surface area contributed by atoms with E-state index in [2.05, 4.69) is 10.3 Å². The molecule has 0 saturated carbocycles. The Labute approximate surface area is 107 Å². The summed E-state index contributed by atoms with van der Waals surface area (Å²) in [5.41, 5.74) is 0.261. The highest BCUT2D eigenvalue weighted by atomic mass is 16.6. The monoisotopic (exact) mass is 250 g/mol. The molecule has 0 spiro atoms. The molecule has 18 heavy (non-hydrogen) atoms. The molecule has 1 amide bonds. The predicted molar refractivity (Wildman–Crippen MR) is 67.0 cm³/mol. The molecule has 0 fully saturated rings. The molecular formula is C13H18N2O3. The Bertz CT molecular complexity index is 398. The Morgan fingerprint density at radius 3 is 2.56 bits per heavy atom. The van der Waals surface area contributed by atoms with Crippen LogP contribution in [0.25, 0.3) is 0 Å². The van der Waals surface area contributed by atoms with Crippen LogP contribution in [0.3, 0.4) is 0 Å². The van der Waals surface area contributed by atoms with E-state index in [0.717, 1.165) is 11.8 Å². The Morgan fingerprint density at radius 1 is 1.44 bits per heavy atom. The van der Waals surface area contributed by atoms with E-state index in [9.17, 15) is 9.59 Å². The van der Waals surface area contributed by atoms with Gasteiger partial charge in [0.25, 0.3) is 0 Å². The van der Waals surface area contributed by atoms with Gasteiger partial charge >= 0.3 is 6.09 Å². The van der Waals surface area contributed by atoms with Crippen molar-refractivity contribution in [1.82, 2.24) is 10.3 Å². The van der Waals surface area contributed by atoms with Gasteiger partial charge in [-0.1, -0.05) is 0 Å². The summed E-state index contributed by atoms with van der Waals surface area (Å²) in [5, 5.41) is 2.67. The standard InChI is InChI=1S/C13H18N2O3/c1-13(2,3)18-12(17)15-11(6-9-16)10-4-7-14-8-5-10/h4-5,7-9,11H,6H2,1-3H3,(H,15,17)/t11-/m0/s1. The molecule has 5 nitrogen and oxygen atoms in total. The van der Waals surface area contributed by atoms with Crippen LogP contribution in [-0.2, 0) is 9.53 Å². The second kappa shape index (κ2) is 6.14. The highest BCUT2D eigenvalue weighted by molar-refractivity contribution is 5.69. The van der Waals surface area contributed by atoms with Crippen LogP contribution < -0.4 is 5.32 Å². The van der Waals surface area contributed by atoms with Gasteiger partial charge < -0.3 is 14.8 Å². The van der Waals surface area contributed by atoms with Gasteiger partial charge in [-0.25, -0.2) is 4.79 Å². The van der Waals surface area contributed by atoms with Crippen LogP contribution >= 0.6 is 0 Å². The van der Waals surface area contributed by atoms with E-state index >= 15 is 0 Å². The lowest BCUT2D eigenvalue weighted by Gasteiger charge is -2.23. The Morgan fingerprint density at radius 2 is 2.06 bits per heavy atom. The number of amides is 1. The van der Waals surface area contributed by atoms with Crippen molar-refractivity contribution in [3.05, 3.63) is 30.1 Å². The van der Waals surface area contributed by atoms with Crippen LogP contribution in [0.2, 0.25) is 0 Å². The van der Waals surface area contributed by atoms with Crippen molar-refractivity contribution in [3.63, 3.8) is 0 Å². The number of carbonyl (C=O) groups is 2. The number of nitrogens with one attached hydrogen (secondary N) is 1. The first-order valence-electron chi connectivity index (χ1n) is 5.75. The number of aromatic nitrogens is 1. The van der Waals surface area contributed by atoms with Crippen LogP contribution in [0.5, 0.6) is 0 Å². The summed E-state index contributed by atoms with van der Waals surface area (Å²) < 4.78 is 5.15. The first-order chi connectivity index (χ1) is 8.42. The molecule has 1 aromatic rings. The van der Waals surface area contributed by atoms with Gasteiger partial charge in [0.1, 0.15) is 11.9 Å². The maximum absolute atomic E-state index is 11.7. The molecule has 0 radical (unpaired) electrons.